The van der Waals surface area contributed by atoms with Crippen molar-refractivity contribution in [3.05, 3.63) is 64.1 Å². The molecule has 0 bridgehead atoms. The highest BCUT2D eigenvalue weighted by Gasteiger charge is 2.21. The molecule has 0 saturated carbocycles. The lowest BCUT2D eigenvalue weighted by Gasteiger charge is -2.28. The Bertz CT molecular complexity index is 927. The van der Waals surface area contributed by atoms with Crippen LogP contribution in [0.4, 0.5) is 0 Å². The van der Waals surface area contributed by atoms with Crippen LogP contribution in [0.5, 0.6) is 0 Å². The standard InChI is InChI=1S/C18H16BrN5OS/c19-15-5-7-16(8-6-15)24-18(20-21-22-24)26-12-17(25)23-10-9-13-3-1-2-4-14(13)11-23/h1-8H,9-12H2. The van der Waals surface area contributed by atoms with E-state index < -0.39 is 0 Å². The van der Waals surface area contributed by atoms with Crippen molar-refractivity contribution in [3.8, 4) is 5.69 Å². The Morgan fingerprint density at radius 3 is 2.69 bits per heavy atom. The van der Waals surface area contributed by atoms with Gasteiger partial charge in [-0.05, 0) is 52.2 Å². The van der Waals surface area contributed by atoms with Crippen LogP contribution in [0.1, 0.15) is 11.1 Å². The number of tetrazole rings is 1. The lowest BCUT2D eigenvalue weighted by molar-refractivity contribution is -0.129. The van der Waals surface area contributed by atoms with Gasteiger partial charge in [0.15, 0.2) is 0 Å². The number of carbonyl (C=O) groups excluding carboxylic acids is 1. The molecular formula is C18H16BrN5OS. The van der Waals surface area contributed by atoms with Crippen molar-refractivity contribution in [1.82, 2.24) is 25.1 Å². The van der Waals surface area contributed by atoms with Gasteiger partial charge in [0.1, 0.15) is 0 Å². The second-order valence-corrected chi connectivity index (χ2v) is 7.83. The van der Waals surface area contributed by atoms with Crippen LogP contribution in [0.15, 0.2) is 58.2 Å². The Hall–Kier alpha value is -2.19. The molecule has 0 aliphatic carbocycles. The summed E-state index contributed by atoms with van der Waals surface area (Å²) in [5.41, 5.74) is 3.43. The summed E-state index contributed by atoms with van der Waals surface area (Å²) in [6, 6.07) is 16.0. The van der Waals surface area contributed by atoms with Gasteiger partial charge in [-0.1, -0.05) is 52.0 Å². The molecule has 26 heavy (non-hydrogen) atoms. The van der Waals surface area contributed by atoms with E-state index in [4.69, 9.17) is 0 Å². The fourth-order valence-electron chi connectivity index (χ4n) is 2.94. The largest absolute Gasteiger partial charge is 0.337 e. The first-order valence-electron chi connectivity index (χ1n) is 8.22. The van der Waals surface area contributed by atoms with E-state index in [9.17, 15) is 4.79 Å². The SMILES string of the molecule is O=C(CSc1nnnn1-c1ccc(Br)cc1)N1CCc2ccccc2C1. The normalized spacial score (nSPS) is 13.5. The number of amides is 1. The van der Waals surface area contributed by atoms with Gasteiger partial charge >= 0.3 is 0 Å². The second kappa shape index (κ2) is 7.59. The van der Waals surface area contributed by atoms with E-state index in [1.165, 1.54) is 22.9 Å². The quantitative estimate of drug-likeness (QED) is 0.596. The molecule has 2 aromatic carbocycles. The zero-order valence-corrected chi connectivity index (χ0v) is 16.3. The number of aromatic nitrogens is 4. The van der Waals surface area contributed by atoms with Gasteiger partial charge in [-0.15, -0.1) is 5.10 Å². The number of halogens is 1. The molecule has 8 heteroatoms. The first kappa shape index (κ1) is 17.2. The van der Waals surface area contributed by atoms with Crippen molar-refractivity contribution in [3.63, 3.8) is 0 Å². The lowest BCUT2D eigenvalue weighted by Crippen LogP contribution is -2.37. The van der Waals surface area contributed by atoms with Gasteiger partial charge in [-0.2, -0.15) is 4.68 Å². The Morgan fingerprint density at radius 2 is 1.88 bits per heavy atom. The zero-order chi connectivity index (χ0) is 17.9. The first-order valence-corrected chi connectivity index (χ1v) is 10.0. The van der Waals surface area contributed by atoms with Crippen LogP contribution in [0.25, 0.3) is 5.69 Å². The lowest BCUT2D eigenvalue weighted by atomic mass is 10.00. The van der Waals surface area contributed by atoms with E-state index in [1.54, 1.807) is 4.68 Å². The predicted octanol–water partition coefficient (Wildman–Crippen LogP) is 3.10. The summed E-state index contributed by atoms with van der Waals surface area (Å²) in [7, 11) is 0. The molecule has 4 rings (SSSR count). The van der Waals surface area contributed by atoms with Crippen molar-refractivity contribution in [2.75, 3.05) is 12.3 Å². The zero-order valence-electron chi connectivity index (χ0n) is 13.9. The van der Waals surface area contributed by atoms with Crippen LogP contribution in [0.2, 0.25) is 0 Å². The van der Waals surface area contributed by atoms with Crippen molar-refractivity contribution < 1.29 is 4.79 Å². The van der Waals surface area contributed by atoms with Crippen molar-refractivity contribution in [2.24, 2.45) is 0 Å². The Kier molecular flexibility index (Phi) is 5.03. The predicted molar refractivity (Wildman–Crippen MR) is 103 cm³/mol. The van der Waals surface area contributed by atoms with E-state index in [2.05, 4.69) is 43.6 Å². The van der Waals surface area contributed by atoms with Gasteiger partial charge in [-0.25, -0.2) is 0 Å². The van der Waals surface area contributed by atoms with E-state index in [0.29, 0.717) is 17.5 Å². The highest BCUT2D eigenvalue weighted by molar-refractivity contribution is 9.10. The smallest absolute Gasteiger partial charge is 0.233 e. The highest BCUT2D eigenvalue weighted by atomic mass is 79.9. The first-order chi connectivity index (χ1) is 12.7. The molecule has 0 spiro atoms. The molecule has 1 amide bonds. The highest BCUT2D eigenvalue weighted by Crippen LogP contribution is 2.22. The van der Waals surface area contributed by atoms with E-state index in [0.717, 1.165) is 23.1 Å². The van der Waals surface area contributed by atoms with Gasteiger partial charge in [0.05, 0.1) is 11.4 Å². The van der Waals surface area contributed by atoms with Crippen molar-refractivity contribution >= 4 is 33.6 Å². The maximum atomic E-state index is 12.6. The Labute approximate surface area is 163 Å². The van der Waals surface area contributed by atoms with Gasteiger partial charge in [0.2, 0.25) is 11.1 Å². The third-order valence-corrected chi connectivity index (χ3v) is 5.75. The molecule has 0 unspecified atom stereocenters. The molecular weight excluding hydrogens is 414 g/mol. The fraction of sp³-hybridized carbons (Fsp3) is 0.222. The van der Waals surface area contributed by atoms with E-state index in [-0.39, 0.29) is 5.91 Å². The Morgan fingerprint density at radius 1 is 1.12 bits per heavy atom. The molecule has 2 heterocycles. The van der Waals surface area contributed by atoms with E-state index in [1.807, 2.05) is 41.3 Å². The molecule has 6 nitrogen and oxygen atoms in total. The summed E-state index contributed by atoms with van der Waals surface area (Å²) < 4.78 is 2.64. The minimum absolute atomic E-state index is 0.106. The molecule has 1 aliphatic heterocycles. The molecule has 1 aliphatic rings. The number of nitrogens with zero attached hydrogens (tertiary/aromatic N) is 5. The number of fused-ring (bicyclic) bond motifs is 1. The Balaban J connectivity index is 1.41. The number of thioether (sulfide) groups is 1. The van der Waals surface area contributed by atoms with Crippen LogP contribution < -0.4 is 0 Å². The van der Waals surface area contributed by atoms with Gasteiger partial charge in [-0.3, -0.25) is 4.79 Å². The molecule has 132 valence electrons. The third kappa shape index (κ3) is 3.66. The molecule has 0 atom stereocenters. The average Bonchev–Trinajstić information content (AvgIpc) is 3.15. The molecule has 0 fully saturated rings. The number of rotatable bonds is 4. The fourth-order valence-corrected chi connectivity index (χ4v) is 4.00. The molecule has 0 radical (unpaired) electrons. The minimum atomic E-state index is 0.106. The topological polar surface area (TPSA) is 63.9 Å². The summed E-state index contributed by atoms with van der Waals surface area (Å²) in [6.45, 7) is 1.43. The van der Waals surface area contributed by atoms with Gasteiger partial charge in [0, 0.05) is 17.6 Å². The summed E-state index contributed by atoms with van der Waals surface area (Å²) in [5, 5.41) is 12.4. The second-order valence-electron chi connectivity index (χ2n) is 5.97. The van der Waals surface area contributed by atoms with Crippen LogP contribution >= 0.6 is 27.7 Å². The maximum absolute atomic E-state index is 12.6. The number of benzene rings is 2. The van der Waals surface area contributed by atoms with Gasteiger partial charge in [0.25, 0.3) is 0 Å². The summed E-state index contributed by atoms with van der Waals surface area (Å²) in [6.07, 6.45) is 0.906. The molecule has 0 saturated heterocycles. The molecule has 3 aromatic rings. The summed E-state index contributed by atoms with van der Waals surface area (Å²) in [4.78, 5) is 14.5. The van der Waals surface area contributed by atoms with Crippen LogP contribution in [-0.2, 0) is 17.8 Å². The molecule has 1 aromatic heterocycles. The van der Waals surface area contributed by atoms with Crippen LogP contribution in [0, 0.1) is 0 Å². The number of carbonyl (C=O) groups is 1. The third-order valence-electron chi connectivity index (χ3n) is 4.32. The van der Waals surface area contributed by atoms with Crippen LogP contribution in [-0.4, -0.2) is 43.3 Å². The minimum Gasteiger partial charge on any atom is -0.337 e. The van der Waals surface area contributed by atoms with Crippen molar-refractivity contribution in [1.29, 1.82) is 0 Å². The number of hydrogen-bond acceptors (Lipinski definition) is 5. The van der Waals surface area contributed by atoms with E-state index >= 15 is 0 Å². The maximum Gasteiger partial charge on any atom is 0.233 e. The van der Waals surface area contributed by atoms with Crippen molar-refractivity contribution in [2.45, 2.75) is 18.1 Å². The van der Waals surface area contributed by atoms with Gasteiger partial charge < -0.3 is 4.90 Å². The van der Waals surface area contributed by atoms with Crippen LogP contribution in [0.3, 0.4) is 0 Å². The molecule has 0 N–H and O–H groups in total. The monoisotopic (exact) mass is 429 g/mol. The summed E-state index contributed by atoms with van der Waals surface area (Å²) in [5.74, 6) is 0.425. The summed E-state index contributed by atoms with van der Waals surface area (Å²) >= 11 is 4.78. The number of hydrogen-bond donors (Lipinski definition) is 0. The average molecular weight is 430 g/mol.